The van der Waals surface area contributed by atoms with Crippen molar-refractivity contribution in [3.05, 3.63) is 0 Å². The topological polar surface area (TPSA) is 127 Å². The summed E-state index contributed by atoms with van der Waals surface area (Å²) < 4.78 is 5.83. The molecule has 0 aromatic heterocycles. The van der Waals surface area contributed by atoms with Crippen LogP contribution in [-0.4, -0.2) is 91.6 Å². The minimum atomic E-state index is -2.45. The number of fused-ring (bicyclic) bond motifs is 3. The van der Waals surface area contributed by atoms with Gasteiger partial charge < -0.3 is 20.2 Å². The van der Waals surface area contributed by atoms with Gasteiger partial charge in [-0.3, -0.25) is 19.5 Å². The predicted octanol–water partition coefficient (Wildman–Crippen LogP) is 1.69. The smallest absolute Gasteiger partial charge is 0.222 e. The van der Waals surface area contributed by atoms with Crippen LogP contribution in [0.3, 0.4) is 0 Å². The van der Waals surface area contributed by atoms with Gasteiger partial charge in [-0.15, -0.1) is 11.6 Å². The number of alkyl halides is 1. The third kappa shape index (κ3) is 7.55. The van der Waals surface area contributed by atoms with Crippen LogP contribution in [0.4, 0.5) is 0 Å². The lowest BCUT2D eigenvalue weighted by Crippen LogP contribution is -2.55. The van der Waals surface area contributed by atoms with Crippen LogP contribution in [0.5, 0.6) is 0 Å². The number of hydrogen-bond donors (Lipinski definition) is 5. The van der Waals surface area contributed by atoms with E-state index >= 15 is 0 Å². The van der Waals surface area contributed by atoms with Crippen LogP contribution in [-0.2, 0) is 14.3 Å². The maximum atomic E-state index is 13.1. The first-order valence-electron chi connectivity index (χ1n) is 14.3. The number of nitrogens with one attached hydrogen (secondary N) is 4. The summed E-state index contributed by atoms with van der Waals surface area (Å²) in [4.78, 5) is 42.9. The maximum Gasteiger partial charge on any atom is 0.222 e. The molecule has 6 atom stereocenters. The summed E-state index contributed by atoms with van der Waals surface area (Å²) in [5, 5.41) is 5.99. The van der Waals surface area contributed by atoms with Crippen molar-refractivity contribution in [1.82, 2.24) is 26.4 Å². The number of carbonyl (C=O) groups is 2. The fourth-order valence-corrected chi connectivity index (χ4v) is 7.95. The molecule has 0 radical (unpaired) electrons. The highest BCUT2D eigenvalue weighted by Gasteiger charge is 2.50. The minimum absolute atomic E-state index is 0.0688. The molecule has 2 heterocycles. The number of methoxy groups -OCH3 is 1. The minimum Gasteiger partial charge on any atom is -0.432 e. The van der Waals surface area contributed by atoms with E-state index in [1.54, 1.807) is 13.1 Å². The van der Waals surface area contributed by atoms with E-state index in [9.17, 15) is 14.4 Å². The molecular weight excluding hydrogens is 524 g/mol. The van der Waals surface area contributed by atoms with E-state index in [1.165, 1.54) is 5.71 Å². The highest BCUT2D eigenvalue weighted by Crippen LogP contribution is 2.41. The third-order valence-electron chi connectivity index (χ3n) is 8.58. The third-order valence-corrected chi connectivity index (χ3v) is 10.2. The lowest BCUT2D eigenvalue weighted by molar-refractivity contribution is -0.122. The van der Waals surface area contributed by atoms with Gasteiger partial charge in [0.05, 0.1) is 30.9 Å². The van der Waals surface area contributed by atoms with Gasteiger partial charge in [0.25, 0.3) is 0 Å². The Morgan fingerprint density at radius 3 is 2.45 bits per heavy atom. The van der Waals surface area contributed by atoms with Crippen LogP contribution in [0, 0.1) is 11.8 Å². The van der Waals surface area contributed by atoms with Crippen LogP contribution < -0.4 is 21.5 Å². The molecule has 0 aromatic rings. The summed E-state index contributed by atoms with van der Waals surface area (Å²) in [6, 6.07) is 0.282. The normalized spacial score (nSPS) is 36.0. The molecule has 2 saturated carbocycles. The predicted molar refractivity (Wildman–Crippen MR) is 151 cm³/mol. The van der Waals surface area contributed by atoms with Crippen molar-refractivity contribution in [2.45, 2.75) is 113 Å². The van der Waals surface area contributed by atoms with Crippen LogP contribution in [0.15, 0.2) is 4.99 Å². The molecule has 10 nitrogen and oxygen atoms in total. The number of ether oxygens (including phenoxy) is 1. The molecular formula is C26H47ClN6O4Si. The van der Waals surface area contributed by atoms with E-state index < -0.39 is 8.32 Å². The number of nitrogens with zero attached hydrogens (tertiary/aromatic N) is 2. The van der Waals surface area contributed by atoms with Gasteiger partial charge in [0.1, 0.15) is 0 Å². The van der Waals surface area contributed by atoms with Crippen molar-refractivity contribution < 1.29 is 19.1 Å². The van der Waals surface area contributed by atoms with Crippen molar-refractivity contribution in [1.29, 1.82) is 0 Å². The van der Waals surface area contributed by atoms with Crippen LogP contribution in [0.1, 0.15) is 58.3 Å². The Morgan fingerprint density at radius 2 is 1.79 bits per heavy atom. The molecule has 12 heteroatoms. The highest BCUT2D eigenvalue weighted by molar-refractivity contribution is 6.72. The van der Waals surface area contributed by atoms with Crippen molar-refractivity contribution in [3.8, 4) is 0 Å². The van der Waals surface area contributed by atoms with E-state index in [2.05, 4.69) is 33.3 Å². The molecule has 2 aliphatic heterocycles. The Labute approximate surface area is 233 Å². The lowest BCUT2D eigenvalue weighted by Gasteiger charge is -2.44. The number of rotatable bonds is 9. The van der Waals surface area contributed by atoms with Gasteiger partial charge >= 0.3 is 0 Å². The second-order valence-electron chi connectivity index (χ2n) is 12.2. The van der Waals surface area contributed by atoms with Gasteiger partial charge in [-0.05, 0) is 70.9 Å². The number of carbonyl (C=O) groups excluding carboxylic acids is 2. The van der Waals surface area contributed by atoms with Crippen molar-refractivity contribution in [3.63, 3.8) is 0 Å². The van der Waals surface area contributed by atoms with Gasteiger partial charge in [0.2, 0.25) is 11.8 Å². The standard InChI is InChI=1S/C26H47ClN6O4Si/c1-16-31-32-26-21(14-23(34)28-11-12-29-24(35)15-38(3,4)36)30-25(17-5-7-18(27)8-6-17)20-13-19(37-2)9-10-22(20)33(16)26/h16-22,26,31-32,36H,5-15H2,1-4H3,(H,28,34)(H,29,35)/t16?,17?,18?,19?,20?,21-,22?,26?/m0/s1. The molecule has 3 fully saturated rings. The monoisotopic (exact) mass is 570 g/mol. The Morgan fingerprint density at radius 1 is 1.11 bits per heavy atom. The molecule has 216 valence electrons. The maximum absolute atomic E-state index is 13.1. The molecule has 5 N–H and O–H groups in total. The Hall–Kier alpha value is -1.08. The van der Waals surface area contributed by atoms with Gasteiger partial charge in [-0.2, -0.15) is 0 Å². The average Bonchev–Trinajstić information content (AvgIpc) is 3.18. The molecule has 2 aliphatic carbocycles. The van der Waals surface area contributed by atoms with Crippen LogP contribution >= 0.6 is 11.6 Å². The Bertz CT molecular complexity index is 865. The van der Waals surface area contributed by atoms with Gasteiger partial charge in [-0.25, -0.2) is 10.9 Å². The van der Waals surface area contributed by atoms with E-state index in [0.717, 1.165) is 44.9 Å². The number of aliphatic imine (C=N–C) groups is 1. The fraction of sp³-hybridized carbons (Fsp3) is 0.885. The molecule has 4 rings (SSSR count). The van der Waals surface area contributed by atoms with Crippen LogP contribution in [0.25, 0.3) is 0 Å². The van der Waals surface area contributed by atoms with E-state index in [-0.39, 0.29) is 54.1 Å². The summed E-state index contributed by atoms with van der Waals surface area (Å²) in [6.45, 7) is 6.33. The molecule has 0 spiro atoms. The summed E-state index contributed by atoms with van der Waals surface area (Å²) in [5.74, 6) is 0.455. The van der Waals surface area contributed by atoms with Crippen molar-refractivity contribution in [2.75, 3.05) is 20.2 Å². The summed E-state index contributed by atoms with van der Waals surface area (Å²) in [6.07, 6.45) is 7.72. The first-order chi connectivity index (χ1) is 18.1. The molecule has 5 unspecified atom stereocenters. The number of halogens is 1. The number of hydrazine groups is 1. The van der Waals surface area contributed by atoms with Gasteiger partial charge in [-0.1, -0.05) is 0 Å². The second-order valence-corrected chi connectivity index (χ2v) is 16.8. The zero-order valence-corrected chi connectivity index (χ0v) is 25.1. The zero-order chi connectivity index (χ0) is 27.4. The Kier molecular flexibility index (Phi) is 10.3. The largest absolute Gasteiger partial charge is 0.432 e. The highest BCUT2D eigenvalue weighted by atomic mass is 35.5. The van der Waals surface area contributed by atoms with E-state index in [4.69, 9.17) is 21.3 Å². The van der Waals surface area contributed by atoms with Gasteiger partial charge in [0.15, 0.2) is 8.32 Å². The SMILES string of the molecule is COC1CCC2C(C1)C(C1CCC(Cl)CC1)=N[C@@H](CC(=O)NCCNC(=O)C[Si](C)(C)O)C1NNC(C)N21. The molecule has 2 amide bonds. The molecule has 1 saturated heterocycles. The summed E-state index contributed by atoms with van der Waals surface area (Å²) >= 11 is 6.47. The van der Waals surface area contributed by atoms with Crippen molar-refractivity contribution in [2.24, 2.45) is 16.8 Å². The second kappa shape index (κ2) is 13.1. The Balaban J connectivity index is 1.47. The number of hydrogen-bond acceptors (Lipinski definition) is 8. The molecule has 0 bridgehead atoms. The first kappa shape index (κ1) is 29.9. The average molecular weight is 571 g/mol. The van der Waals surface area contributed by atoms with Crippen molar-refractivity contribution >= 4 is 37.4 Å². The fourth-order valence-electron chi connectivity index (χ4n) is 6.78. The zero-order valence-electron chi connectivity index (χ0n) is 23.3. The first-order valence-corrected chi connectivity index (χ1v) is 17.9. The van der Waals surface area contributed by atoms with Gasteiger partial charge in [0, 0.05) is 49.3 Å². The quantitative estimate of drug-likeness (QED) is 0.162. The molecule has 0 aromatic carbocycles. The summed E-state index contributed by atoms with van der Waals surface area (Å²) in [7, 11) is -0.638. The molecule has 38 heavy (non-hydrogen) atoms. The van der Waals surface area contributed by atoms with E-state index in [1.807, 2.05) is 7.11 Å². The van der Waals surface area contributed by atoms with E-state index in [0.29, 0.717) is 31.0 Å². The lowest BCUT2D eigenvalue weighted by atomic mass is 9.72. The van der Waals surface area contributed by atoms with Crippen LogP contribution in [0.2, 0.25) is 19.1 Å². The number of amides is 2. The molecule has 4 aliphatic rings. The summed E-state index contributed by atoms with van der Waals surface area (Å²) in [5.41, 5.74) is 8.12.